The summed E-state index contributed by atoms with van der Waals surface area (Å²) in [6, 6.07) is 6.32. The van der Waals surface area contributed by atoms with E-state index in [1.807, 2.05) is 20.8 Å². The average molecular weight is 439 g/mol. The van der Waals surface area contributed by atoms with Crippen LogP contribution in [0.2, 0.25) is 0 Å². The number of hydrogen-bond donors (Lipinski definition) is 2. The lowest BCUT2D eigenvalue weighted by atomic mass is 9.96. The number of aryl methyl sites for hydroxylation is 1. The molecule has 0 bridgehead atoms. The minimum Gasteiger partial charge on any atom is -0.342 e. The van der Waals surface area contributed by atoms with Gasteiger partial charge in [-0.05, 0) is 31.9 Å². The van der Waals surface area contributed by atoms with Crippen molar-refractivity contribution in [2.45, 2.75) is 38.5 Å². The Hall–Kier alpha value is -2.46. The molecule has 0 aromatic heterocycles. The largest absolute Gasteiger partial charge is 0.342 e. The van der Waals surface area contributed by atoms with Crippen molar-refractivity contribution in [2.24, 2.45) is 11.8 Å². The summed E-state index contributed by atoms with van der Waals surface area (Å²) in [6.07, 6.45) is 1.33. The fourth-order valence-corrected chi connectivity index (χ4v) is 4.33. The molecule has 1 heterocycles. The lowest BCUT2D eigenvalue weighted by Crippen LogP contribution is -2.52. The molecular weight excluding hydrogens is 408 g/mol. The minimum absolute atomic E-state index is 0.000488. The van der Waals surface area contributed by atoms with Crippen LogP contribution < -0.4 is 10.9 Å². The lowest BCUT2D eigenvalue weighted by molar-refractivity contribution is -0.139. The summed E-state index contributed by atoms with van der Waals surface area (Å²) in [5.74, 6) is -1.62. The molecule has 1 saturated heterocycles. The van der Waals surface area contributed by atoms with E-state index in [2.05, 4.69) is 10.9 Å². The monoisotopic (exact) mass is 438 g/mol. The number of hydrazine groups is 1. The van der Waals surface area contributed by atoms with Gasteiger partial charge in [0.25, 0.3) is 5.91 Å². The van der Waals surface area contributed by atoms with E-state index in [4.69, 9.17) is 0 Å². The first-order valence-corrected chi connectivity index (χ1v) is 11.4. The zero-order chi connectivity index (χ0) is 22.5. The van der Waals surface area contributed by atoms with Crippen LogP contribution in [0.25, 0.3) is 0 Å². The van der Waals surface area contributed by atoms with Crippen molar-refractivity contribution < 1.29 is 22.8 Å². The standard InChI is InChI=1S/C20H30N4O5S/c1-14(2)20(27)24-11-5-6-16(12-24)19(26)22-21-18(25)13-23(4)30(28,29)17-9-7-15(3)8-10-17/h7-10,14,16H,5-6,11-13H2,1-4H3,(H,21,25)(H,22,26). The normalized spacial score (nSPS) is 17.1. The van der Waals surface area contributed by atoms with E-state index in [-0.39, 0.29) is 16.7 Å². The van der Waals surface area contributed by atoms with Crippen LogP contribution in [-0.2, 0) is 24.4 Å². The van der Waals surface area contributed by atoms with Gasteiger partial charge in [-0.3, -0.25) is 25.2 Å². The van der Waals surface area contributed by atoms with Gasteiger partial charge in [-0.2, -0.15) is 4.31 Å². The second kappa shape index (κ2) is 10.0. The highest BCUT2D eigenvalue weighted by Gasteiger charge is 2.30. The SMILES string of the molecule is Cc1ccc(S(=O)(=O)N(C)CC(=O)NNC(=O)C2CCCN(C(=O)C(C)C)C2)cc1. The Balaban J connectivity index is 1.87. The topological polar surface area (TPSA) is 116 Å². The molecule has 3 amide bonds. The molecule has 0 aliphatic carbocycles. The third-order valence-electron chi connectivity index (χ3n) is 5.02. The molecule has 1 aromatic carbocycles. The van der Waals surface area contributed by atoms with Crippen LogP contribution in [0.3, 0.4) is 0 Å². The van der Waals surface area contributed by atoms with Crippen molar-refractivity contribution in [3.05, 3.63) is 29.8 Å². The molecular formula is C20H30N4O5S. The molecule has 1 aliphatic heterocycles. The number of likely N-dealkylation sites (tertiary alicyclic amines) is 1. The zero-order valence-corrected chi connectivity index (χ0v) is 18.7. The maximum absolute atomic E-state index is 12.5. The van der Waals surface area contributed by atoms with Crippen LogP contribution in [0.4, 0.5) is 0 Å². The van der Waals surface area contributed by atoms with Crippen molar-refractivity contribution in [1.82, 2.24) is 20.1 Å². The van der Waals surface area contributed by atoms with Gasteiger partial charge in [0.05, 0.1) is 17.4 Å². The highest BCUT2D eigenvalue weighted by atomic mass is 32.2. The van der Waals surface area contributed by atoms with Gasteiger partial charge < -0.3 is 4.90 Å². The second-order valence-electron chi connectivity index (χ2n) is 7.89. The maximum atomic E-state index is 12.5. The first-order valence-electron chi connectivity index (χ1n) is 9.93. The molecule has 166 valence electrons. The molecule has 1 aliphatic rings. The lowest BCUT2D eigenvalue weighted by Gasteiger charge is -2.33. The number of hydrogen-bond acceptors (Lipinski definition) is 5. The van der Waals surface area contributed by atoms with Crippen LogP contribution in [-0.4, -0.2) is 62.0 Å². The van der Waals surface area contributed by atoms with E-state index in [1.54, 1.807) is 17.0 Å². The van der Waals surface area contributed by atoms with Gasteiger partial charge in [0.15, 0.2) is 0 Å². The quantitative estimate of drug-likeness (QED) is 0.633. The van der Waals surface area contributed by atoms with E-state index >= 15 is 0 Å². The Morgan fingerprint density at radius 3 is 2.40 bits per heavy atom. The predicted molar refractivity (Wildman–Crippen MR) is 111 cm³/mol. The highest BCUT2D eigenvalue weighted by Crippen LogP contribution is 2.18. The van der Waals surface area contributed by atoms with Gasteiger partial charge in [-0.1, -0.05) is 31.5 Å². The number of nitrogens with one attached hydrogen (secondary N) is 2. The third-order valence-corrected chi connectivity index (χ3v) is 6.84. The van der Waals surface area contributed by atoms with Gasteiger partial charge in [0, 0.05) is 26.1 Å². The highest BCUT2D eigenvalue weighted by molar-refractivity contribution is 7.89. The summed E-state index contributed by atoms with van der Waals surface area (Å²) in [4.78, 5) is 38.4. The molecule has 0 saturated carbocycles. The summed E-state index contributed by atoms with van der Waals surface area (Å²) in [5, 5.41) is 0. The molecule has 0 radical (unpaired) electrons. The van der Waals surface area contributed by atoms with Gasteiger partial charge in [0.2, 0.25) is 21.8 Å². The predicted octanol–water partition coefficient (Wildman–Crippen LogP) is 0.658. The van der Waals surface area contributed by atoms with Gasteiger partial charge in [0.1, 0.15) is 0 Å². The number of benzene rings is 1. The number of nitrogens with zero attached hydrogens (tertiary/aromatic N) is 2. The first kappa shape index (κ1) is 23.8. The van der Waals surface area contributed by atoms with Gasteiger partial charge >= 0.3 is 0 Å². The number of rotatable bonds is 6. The molecule has 2 N–H and O–H groups in total. The van der Waals surface area contributed by atoms with Crippen LogP contribution in [0.1, 0.15) is 32.3 Å². The molecule has 1 aromatic rings. The fourth-order valence-electron chi connectivity index (χ4n) is 3.21. The van der Waals surface area contributed by atoms with E-state index in [0.717, 1.165) is 9.87 Å². The number of likely N-dealkylation sites (N-methyl/N-ethyl adjacent to an activating group) is 1. The van der Waals surface area contributed by atoms with Crippen LogP contribution in [0.15, 0.2) is 29.2 Å². The molecule has 0 spiro atoms. The molecule has 1 atom stereocenters. The van der Waals surface area contributed by atoms with Crippen molar-refractivity contribution >= 4 is 27.7 Å². The summed E-state index contributed by atoms with van der Waals surface area (Å²) in [5.41, 5.74) is 5.53. The second-order valence-corrected chi connectivity index (χ2v) is 9.93. The maximum Gasteiger partial charge on any atom is 0.253 e. The number of amides is 3. The van der Waals surface area contributed by atoms with E-state index < -0.39 is 34.3 Å². The molecule has 1 fully saturated rings. The molecule has 9 nitrogen and oxygen atoms in total. The van der Waals surface area contributed by atoms with Crippen LogP contribution >= 0.6 is 0 Å². The Morgan fingerprint density at radius 2 is 1.80 bits per heavy atom. The van der Waals surface area contributed by atoms with Gasteiger partial charge in [-0.15, -0.1) is 0 Å². The smallest absolute Gasteiger partial charge is 0.253 e. The van der Waals surface area contributed by atoms with E-state index in [0.29, 0.717) is 25.9 Å². The molecule has 30 heavy (non-hydrogen) atoms. The van der Waals surface area contributed by atoms with Crippen molar-refractivity contribution in [3.8, 4) is 0 Å². The van der Waals surface area contributed by atoms with E-state index in [9.17, 15) is 22.8 Å². The summed E-state index contributed by atoms with van der Waals surface area (Å²) < 4.78 is 26.0. The van der Waals surface area contributed by atoms with Crippen LogP contribution in [0, 0.1) is 18.8 Å². The summed E-state index contributed by atoms with van der Waals surface area (Å²) in [6.45, 7) is 5.95. The molecule has 1 unspecified atom stereocenters. The minimum atomic E-state index is -3.82. The van der Waals surface area contributed by atoms with Gasteiger partial charge in [-0.25, -0.2) is 8.42 Å². The Kier molecular flexibility index (Phi) is 7.96. The Morgan fingerprint density at radius 1 is 1.17 bits per heavy atom. The Labute approximate surface area is 177 Å². The summed E-state index contributed by atoms with van der Waals surface area (Å²) in [7, 11) is -2.52. The van der Waals surface area contributed by atoms with Crippen molar-refractivity contribution in [2.75, 3.05) is 26.7 Å². The van der Waals surface area contributed by atoms with E-state index in [1.165, 1.54) is 19.2 Å². The Bertz CT molecular complexity index is 883. The molecule has 10 heteroatoms. The number of piperidine rings is 1. The fraction of sp³-hybridized carbons (Fsp3) is 0.550. The van der Waals surface area contributed by atoms with Crippen molar-refractivity contribution in [3.63, 3.8) is 0 Å². The average Bonchev–Trinajstić information content (AvgIpc) is 2.71. The van der Waals surface area contributed by atoms with Crippen LogP contribution in [0.5, 0.6) is 0 Å². The summed E-state index contributed by atoms with van der Waals surface area (Å²) >= 11 is 0. The molecule has 2 rings (SSSR count). The number of carbonyl (C=O) groups excluding carboxylic acids is 3. The number of sulfonamides is 1. The van der Waals surface area contributed by atoms with Crippen molar-refractivity contribution in [1.29, 1.82) is 0 Å². The zero-order valence-electron chi connectivity index (χ0n) is 17.8. The number of carbonyl (C=O) groups is 3. The third kappa shape index (κ3) is 6.02. The first-order chi connectivity index (χ1) is 14.0.